The molecule has 0 amide bonds. The number of hydrogen-bond donors (Lipinski definition) is 1. The van der Waals surface area contributed by atoms with E-state index in [4.69, 9.17) is 5.73 Å². The van der Waals surface area contributed by atoms with Gasteiger partial charge in [0.25, 0.3) is 5.70 Å². The van der Waals surface area contributed by atoms with E-state index in [0.717, 1.165) is 6.20 Å². The second kappa shape index (κ2) is 5.54. The van der Waals surface area contributed by atoms with E-state index in [2.05, 4.69) is 15.9 Å². The van der Waals surface area contributed by atoms with Crippen molar-refractivity contribution in [2.75, 3.05) is 0 Å². The Morgan fingerprint density at radius 3 is 2.58 bits per heavy atom. The summed E-state index contributed by atoms with van der Waals surface area (Å²) in [7, 11) is 0. The summed E-state index contributed by atoms with van der Waals surface area (Å²) in [5.41, 5.74) is 4.89. The van der Waals surface area contributed by atoms with Crippen molar-refractivity contribution >= 4 is 15.9 Å². The van der Waals surface area contributed by atoms with Gasteiger partial charge in [-0.3, -0.25) is 10.1 Å². The molecule has 0 saturated carbocycles. The molecule has 0 heterocycles. The van der Waals surface area contributed by atoms with E-state index >= 15 is 0 Å². The fourth-order valence-electron chi connectivity index (χ4n) is 0.510. The van der Waals surface area contributed by atoms with Gasteiger partial charge in [-0.25, -0.2) is 0 Å². The molecule has 0 aromatic carbocycles. The third-order valence-electron chi connectivity index (χ3n) is 0.993. The molecular formula is C7H9BrN2O2. The normalized spacial score (nSPS) is 13.8. The molecule has 0 atom stereocenters. The monoisotopic (exact) mass is 232 g/mol. The molecule has 12 heavy (non-hydrogen) atoms. The smallest absolute Gasteiger partial charge is 0.285 e. The summed E-state index contributed by atoms with van der Waals surface area (Å²) < 4.78 is 0.610. The maximum atomic E-state index is 10.2. The lowest BCUT2D eigenvalue weighted by Crippen LogP contribution is -1.98. The number of halogens is 1. The van der Waals surface area contributed by atoms with Crippen molar-refractivity contribution in [1.29, 1.82) is 0 Å². The summed E-state index contributed by atoms with van der Waals surface area (Å²) >= 11 is 3.12. The fraction of sp³-hybridized carbons (Fsp3) is 0.143. The lowest BCUT2D eigenvalue weighted by molar-refractivity contribution is -0.419. The minimum atomic E-state index is -0.551. The molecule has 0 aliphatic rings. The first-order chi connectivity index (χ1) is 5.61. The molecule has 0 aromatic rings. The largest absolute Gasteiger partial charge is 0.399 e. The standard InChI is InChI=1S/C7H9BrN2O2/c1-2-3-6(8)4-7(5-9)10(11)12/h2-5H,9H2,1H3/b3-2-,6-4+,7-5-. The predicted molar refractivity (Wildman–Crippen MR) is 51.1 cm³/mol. The second-order valence-corrected chi connectivity index (χ2v) is 2.79. The van der Waals surface area contributed by atoms with E-state index in [-0.39, 0.29) is 5.70 Å². The lowest BCUT2D eigenvalue weighted by Gasteiger charge is -1.89. The van der Waals surface area contributed by atoms with Crippen molar-refractivity contribution in [1.82, 2.24) is 0 Å². The van der Waals surface area contributed by atoms with Crippen molar-refractivity contribution < 1.29 is 4.92 Å². The van der Waals surface area contributed by atoms with Crippen molar-refractivity contribution in [2.24, 2.45) is 5.73 Å². The van der Waals surface area contributed by atoms with Crippen molar-refractivity contribution in [2.45, 2.75) is 6.92 Å². The number of nitrogens with two attached hydrogens (primary N) is 1. The third-order valence-corrected chi connectivity index (χ3v) is 1.49. The van der Waals surface area contributed by atoms with E-state index in [9.17, 15) is 10.1 Å². The van der Waals surface area contributed by atoms with Crippen molar-refractivity contribution in [3.63, 3.8) is 0 Å². The van der Waals surface area contributed by atoms with E-state index in [1.807, 2.05) is 6.92 Å². The summed E-state index contributed by atoms with van der Waals surface area (Å²) in [6, 6.07) is 0. The van der Waals surface area contributed by atoms with Crippen LogP contribution in [-0.2, 0) is 0 Å². The minimum Gasteiger partial charge on any atom is -0.399 e. The van der Waals surface area contributed by atoms with Crippen LogP contribution < -0.4 is 5.73 Å². The molecule has 0 fully saturated rings. The molecule has 0 aliphatic carbocycles. The van der Waals surface area contributed by atoms with Gasteiger partial charge < -0.3 is 5.73 Å². The summed E-state index contributed by atoms with van der Waals surface area (Å²) in [6.45, 7) is 1.81. The number of nitrogens with zero attached hydrogens (tertiary/aromatic N) is 1. The van der Waals surface area contributed by atoms with Gasteiger partial charge in [-0.2, -0.15) is 0 Å². The fourth-order valence-corrected chi connectivity index (χ4v) is 1.01. The molecule has 0 saturated heterocycles. The highest BCUT2D eigenvalue weighted by Gasteiger charge is 2.04. The first-order valence-corrected chi connectivity index (χ1v) is 3.97. The van der Waals surface area contributed by atoms with E-state index in [1.165, 1.54) is 6.08 Å². The van der Waals surface area contributed by atoms with Crippen LogP contribution in [0.15, 0.2) is 34.6 Å². The van der Waals surface area contributed by atoms with Crippen molar-refractivity contribution in [3.8, 4) is 0 Å². The maximum absolute atomic E-state index is 10.2. The molecule has 0 aliphatic heterocycles. The first kappa shape index (κ1) is 10.9. The quantitative estimate of drug-likeness (QED) is 0.460. The summed E-state index contributed by atoms with van der Waals surface area (Å²) in [6.07, 6.45) is 5.73. The van der Waals surface area contributed by atoms with Gasteiger partial charge in [0, 0.05) is 10.6 Å². The zero-order chi connectivity index (χ0) is 9.56. The van der Waals surface area contributed by atoms with Crippen LogP contribution in [0.3, 0.4) is 0 Å². The molecule has 0 bridgehead atoms. The van der Waals surface area contributed by atoms with E-state index in [1.54, 1.807) is 12.2 Å². The van der Waals surface area contributed by atoms with E-state index in [0.29, 0.717) is 4.48 Å². The number of nitro groups is 1. The van der Waals surface area contributed by atoms with Gasteiger partial charge in [0.15, 0.2) is 0 Å². The molecule has 0 aromatic heterocycles. The number of rotatable bonds is 3. The zero-order valence-electron chi connectivity index (χ0n) is 6.53. The molecular weight excluding hydrogens is 224 g/mol. The highest BCUT2D eigenvalue weighted by molar-refractivity contribution is 9.11. The van der Waals surface area contributed by atoms with Gasteiger partial charge in [-0.15, -0.1) is 0 Å². The Kier molecular flexibility index (Phi) is 5.03. The average molecular weight is 233 g/mol. The van der Waals surface area contributed by atoms with Crippen LogP contribution in [0.2, 0.25) is 0 Å². The molecule has 5 heteroatoms. The van der Waals surface area contributed by atoms with Crippen LogP contribution in [-0.4, -0.2) is 4.92 Å². The topological polar surface area (TPSA) is 69.2 Å². The Hall–Kier alpha value is -1.10. The van der Waals surface area contributed by atoms with Crippen LogP contribution in [0, 0.1) is 10.1 Å². The summed E-state index contributed by atoms with van der Waals surface area (Å²) in [5.74, 6) is 0. The second-order valence-electron chi connectivity index (χ2n) is 1.88. The molecule has 0 unspecified atom stereocenters. The molecule has 4 nitrogen and oxygen atoms in total. The summed E-state index contributed by atoms with van der Waals surface area (Å²) in [5, 5.41) is 10.2. The van der Waals surface area contributed by atoms with Gasteiger partial charge in [-0.1, -0.05) is 28.1 Å². The Bertz CT molecular complexity index is 256. The molecule has 0 radical (unpaired) electrons. The predicted octanol–water partition coefficient (Wildman–Crippen LogP) is 1.92. The highest BCUT2D eigenvalue weighted by Crippen LogP contribution is 2.10. The van der Waals surface area contributed by atoms with Crippen LogP contribution in [0.1, 0.15) is 6.92 Å². The number of allylic oxidation sites excluding steroid dienone is 4. The molecule has 66 valence electrons. The Morgan fingerprint density at radius 2 is 2.25 bits per heavy atom. The van der Waals surface area contributed by atoms with E-state index < -0.39 is 4.92 Å². The Morgan fingerprint density at radius 1 is 1.67 bits per heavy atom. The van der Waals surface area contributed by atoms with Gasteiger partial charge in [0.2, 0.25) is 0 Å². The van der Waals surface area contributed by atoms with Crippen LogP contribution in [0.25, 0.3) is 0 Å². The summed E-state index contributed by atoms with van der Waals surface area (Å²) in [4.78, 5) is 9.69. The van der Waals surface area contributed by atoms with Crippen LogP contribution in [0.5, 0.6) is 0 Å². The SMILES string of the molecule is C\C=C/C(Br)=C\C(=C\N)[N+](=O)[O-]. The molecule has 0 spiro atoms. The number of hydrogen-bond acceptors (Lipinski definition) is 3. The first-order valence-electron chi connectivity index (χ1n) is 3.18. The minimum absolute atomic E-state index is 0.139. The van der Waals surface area contributed by atoms with Crippen LogP contribution in [0.4, 0.5) is 0 Å². The zero-order valence-corrected chi connectivity index (χ0v) is 8.11. The van der Waals surface area contributed by atoms with Gasteiger partial charge in [0.1, 0.15) is 0 Å². The third kappa shape index (κ3) is 3.92. The van der Waals surface area contributed by atoms with Gasteiger partial charge in [0.05, 0.1) is 11.1 Å². The van der Waals surface area contributed by atoms with Crippen LogP contribution >= 0.6 is 15.9 Å². The average Bonchev–Trinajstić information content (AvgIpc) is 2.00. The van der Waals surface area contributed by atoms with Crippen molar-refractivity contribution in [3.05, 3.63) is 44.7 Å². The lowest BCUT2D eigenvalue weighted by atomic mass is 10.4. The van der Waals surface area contributed by atoms with Gasteiger partial charge >= 0.3 is 0 Å². The maximum Gasteiger partial charge on any atom is 0.285 e. The Labute approximate surface area is 78.7 Å². The van der Waals surface area contributed by atoms with Gasteiger partial charge in [-0.05, 0) is 6.92 Å². The Balaban J connectivity index is 4.60. The highest BCUT2D eigenvalue weighted by atomic mass is 79.9. The molecule has 0 rings (SSSR count). The molecule has 2 N–H and O–H groups in total.